The number of nitrogen functional groups attached to an aromatic ring is 1. The van der Waals surface area contributed by atoms with Crippen LogP contribution in [0.4, 0.5) is 11.6 Å². The highest BCUT2D eigenvalue weighted by atomic mass is 35.5. The van der Waals surface area contributed by atoms with Gasteiger partial charge in [0.05, 0.1) is 18.2 Å². The average Bonchev–Trinajstić information content (AvgIpc) is 2.86. The van der Waals surface area contributed by atoms with Crippen LogP contribution >= 0.6 is 11.6 Å². The van der Waals surface area contributed by atoms with Crippen molar-refractivity contribution in [3.63, 3.8) is 0 Å². The molecule has 0 aliphatic carbocycles. The Bertz CT molecular complexity index is 414. The number of fused-ring (bicyclic) bond motifs is 2. The van der Waals surface area contributed by atoms with Gasteiger partial charge in [0.2, 0.25) is 0 Å². The van der Waals surface area contributed by atoms with Crippen molar-refractivity contribution in [1.29, 1.82) is 0 Å². The first-order valence-corrected chi connectivity index (χ1v) is 5.80. The fraction of sp³-hybridized carbons (Fsp3) is 0.600. The third kappa shape index (κ3) is 1.60. The summed E-state index contributed by atoms with van der Waals surface area (Å²) in [6, 6.07) is 0.297. The number of halogens is 1. The summed E-state index contributed by atoms with van der Waals surface area (Å²) in [5, 5.41) is 3.69. The standard InChI is InChI=1S/C10H13ClN4O/c11-8-9(12)13-4-14-10(8)15-6-3-5-1-2-7(6)16-5/h4-7H,1-3H2,(H3,12,13,14,15)/t5?,6-,7?/m0/s1. The molecule has 2 unspecified atom stereocenters. The van der Waals surface area contributed by atoms with Gasteiger partial charge in [-0.2, -0.15) is 0 Å². The molecule has 6 heteroatoms. The zero-order valence-electron chi connectivity index (χ0n) is 8.69. The van der Waals surface area contributed by atoms with E-state index in [0.717, 1.165) is 12.8 Å². The Hall–Kier alpha value is -1.07. The van der Waals surface area contributed by atoms with E-state index in [-0.39, 0.29) is 6.10 Å². The lowest BCUT2D eigenvalue weighted by molar-refractivity contribution is 0.102. The molecule has 1 aromatic rings. The molecule has 3 heterocycles. The first-order chi connectivity index (χ1) is 7.74. The number of nitrogens with one attached hydrogen (secondary N) is 1. The summed E-state index contributed by atoms with van der Waals surface area (Å²) in [6.45, 7) is 0. The molecule has 0 saturated carbocycles. The third-order valence-electron chi connectivity index (χ3n) is 3.24. The molecule has 3 N–H and O–H groups in total. The van der Waals surface area contributed by atoms with Gasteiger partial charge in [0.1, 0.15) is 17.2 Å². The minimum Gasteiger partial charge on any atom is -0.382 e. The lowest BCUT2D eigenvalue weighted by Gasteiger charge is -2.21. The molecule has 0 radical (unpaired) electrons. The highest BCUT2D eigenvalue weighted by molar-refractivity contribution is 6.35. The van der Waals surface area contributed by atoms with E-state index in [2.05, 4.69) is 15.3 Å². The second kappa shape index (κ2) is 3.75. The molecule has 2 bridgehead atoms. The van der Waals surface area contributed by atoms with Crippen molar-refractivity contribution in [2.24, 2.45) is 0 Å². The second-order valence-electron chi connectivity index (χ2n) is 4.28. The Morgan fingerprint density at radius 3 is 3.00 bits per heavy atom. The fourth-order valence-electron chi connectivity index (χ4n) is 2.45. The van der Waals surface area contributed by atoms with Crippen molar-refractivity contribution >= 4 is 23.2 Å². The Balaban J connectivity index is 1.77. The molecule has 0 aromatic carbocycles. The topological polar surface area (TPSA) is 73.1 Å². The number of rotatable bonds is 2. The smallest absolute Gasteiger partial charge is 0.150 e. The highest BCUT2D eigenvalue weighted by Gasteiger charge is 2.41. The summed E-state index contributed by atoms with van der Waals surface area (Å²) in [6.07, 6.45) is 5.41. The fourth-order valence-corrected chi connectivity index (χ4v) is 2.60. The molecule has 0 spiro atoms. The van der Waals surface area contributed by atoms with Crippen molar-refractivity contribution in [2.45, 2.75) is 37.5 Å². The normalized spacial score (nSPS) is 31.9. The number of anilines is 2. The zero-order valence-corrected chi connectivity index (χ0v) is 9.44. The highest BCUT2D eigenvalue weighted by Crippen LogP contribution is 2.36. The molecule has 2 aliphatic heterocycles. The SMILES string of the molecule is Nc1ncnc(N[C@H]2CC3CCC2O3)c1Cl. The second-order valence-corrected chi connectivity index (χ2v) is 4.66. The Morgan fingerprint density at radius 1 is 1.44 bits per heavy atom. The average molecular weight is 241 g/mol. The molecule has 2 fully saturated rings. The van der Waals surface area contributed by atoms with E-state index in [9.17, 15) is 0 Å². The van der Waals surface area contributed by atoms with Gasteiger partial charge in [-0.05, 0) is 19.3 Å². The number of nitrogens with two attached hydrogens (primary N) is 1. The first kappa shape index (κ1) is 10.1. The third-order valence-corrected chi connectivity index (χ3v) is 3.62. The zero-order chi connectivity index (χ0) is 11.1. The lowest BCUT2D eigenvalue weighted by atomic mass is 9.95. The molecular weight excluding hydrogens is 228 g/mol. The van der Waals surface area contributed by atoms with Crippen LogP contribution in [0, 0.1) is 0 Å². The Kier molecular flexibility index (Phi) is 2.37. The van der Waals surface area contributed by atoms with Gasteiger partial charge < -0.3 is 15.8 Å². The van der Waals surface area contributed by atoms with Crippen LogP contribution in [-0.2, 0) is 4.74 Å². The van der Waals surface area contributed by atoms with Gasteiger partial charge >= 0.3 is 0 Å². The van der Waals surface area contributed by atoms with Crippen LogP contribution in [0.25, 0.3) is 0 Å². The molecule has 3 atom stereocenters. The minimum absolute atomic E-state index is 0.289. The molecule has 2 saturated heterocycles. The van der Waals surface area contributed by atoms with Crippen molar-refractivity contribution in [3.8, 4) is 0 Å². The summed E-state index contributed by atoms with van der Waals surface area (Å²) in [4.78, 5) is 7.92. The first-order valence-electron chi connectivity index (χ1n) is 5.42. The van der Waals surface area contributed by atoms with Gasteiger partial charge in [-0.3, -0.25) is 0 Å². The van der Waals surface area contributed by atoms with Gasteiger partial charge in [0.25, 0.3) is 0 Å². The Morgan fingerprint density at radius 2 is 2.31 bits per heavy atom. The van der Waals surface area contributed by atoms with Crippen LogP contribution in [0.1, 0.15) is 19.3 Å². The van der Waals surface area contributed by atoms with Gasteiger partial charge in [0, 0.05) is 0 Å². The van der Waals surface area contributed by atoms with Crippen molar-refractivity contribution in [1.82, 2.24) is 9.97 Å². The van der Waals surface area contributed by atoms with Gasteiger partial charge in [0.15, 0.2) is 5.82 Å². The summed E-state index contributed by atoms with van der Waals surface area (Å²) in [7, 11) is 0. The molecule has 5 nitrogen and oxygen atoms in total. The quantitative estimate of drug-likeness (QED) is 0.819. The predicted octanol–water partition coefficient (Wildman–Crippen LogP) is 1.44. The lowest BCUT2D eigenvalue weighted by Crippen LogP contribution is -2.31. The van der Waals surface area contributed by atoms with E-state index in [0.29, 0.717) is 28.8 Å². The van der Waals surface area contributed by atoms with E-state index < -0.39 is 0 Å². The molecule has 2 aliphatic rings. The van der Waals surface area contributed by atoms with E-state index in [1.54, 1.807) is 0 Å². The molecular formula is C10H13ClN4O. The van der Waals surface area contributed by atoms with Crippen LogP contribution in [-0.4, -0.2) is 28.2 Å². The van der Waals surface area contributed by atoms with E-state index in [4.69, 9.17) is 22.1 Å². The summed E-state index contributed by atoms with van der Waals surface area (Å²) in [5.41, 5.74) is 5.62. The van der Waals surface area contributed by atoms with Crippen LogP contribution in [0.3, 0.4) is 0 Å². The van der Waals surface area contributed by atoms with E-state index in [1.165, 1.54) is 12.7 Å². The minimum atomic E-state index is 0.289. The van der Waals surface area contributed by atoms with Crippen LogP contribution in [0.2, 0.25) is 5.02 Å². The van der Waals surface area contributed by atoms with E-state index in [1.807, 2.05) is 0 Å². The van der Waals surface area contributed by atoms with Crippen molar-refractivity contribution < 1.29 is 4.74 Å². The molecule has 1 aromatic heterocycles. The maximum absolute atomic E-state index is 6.02. The number of hydrogen-bond acceptors (Lipinski definition) is 5. The molecule has 86 valence electrons. The molecule has 3 rings (SSSR count). The van der Waals surface area contributed by atoms with Crippen LogP contribution in [0.5, 0.6) is 0 Å². The summed E-state index contributed by atoms with van der Waals surface area (Å²) < 4.78 is 5.75. The molecule has 16 heavy (non-hydrogen) atoms. The summed E-state index contributed by atoms with van der Waals surface area (Å²) >= 11 is 6.02. The van der Waals surface area contributed by atoms with Crippen LogP contribution < -0.4 is 11.1 Å². The van der Waals surface area contributed by atoms with Gasteiger partial charge in [-0.1, -0.05) is 11.6 Å². The monoisotopic (exact) mass is 240 g/mol. The maximum Gasteiger partial charge on any atom is 0.150 e. The number of aromatic nitrogens is 2. The van der Waals surface area contributed by atoms with Gasteiger partial charge in [-0.15, -0.1) is 0 Å². The van der Waals surface area contributed by atoms with Gasteiger partial charge in [-0.25, -0.2) is 9.97 Å². The number of nitrogens with zero attached hydrogens (tertiary/aromatic N) is 2. The number of hydrogen-bond donors (Lipinski definition) is 2. The number of ether oxygens (including phenoxy) is 1. The van der Waals surface area contributed by atoms with E-state index >= 15 is 0 Å². The maximum atomic E-state index is 6.02. The Labute approximate surface area is 98.4 Å². The predicted molar refractivity (Wildman–Crippen MR) is 61.4 cm³/mol. The molecule has 0 amide bonds. The van der Waals surface area contributed by atoms with Crippen LogP contribution in [0.15, 0.2) is 6.33 Å². The van der Waals surface area contributed by atoms with Crippen molar-refractivity contribution in [3.05, 3.63) is 11.3 Å². The largest absolute Gasteiger partial charge is 0.382 e. The summed E-state index contributed by atoms with van der Waals surface area (Å²) in [5.74, 6) is 0.915. The van der Waals surface area contributed by atoms with Crippen molar-refractivity contribution in [2.75, 3.05) is 11.1 Å².